The van der Waals surface area contributed by atoms with Gasteiger partial charge in [-0.1, -0.05) is 13.8 Å². The summed E-state index contributed by atoms with van der Waals surface area (Å²) in [4.78, 5) is 1.91. The Morgan fingerprint density at radius 1 is 1.33 bits per heavy atom. The van der Waals surface area contributed by atoms with Crippen LogP contribution in [0.5, 0.6) is 0 Å². The minimum absolute atomic E-state index is 0.487. The second kappa shape index (κ2) is 5.14. The second-order valence-electron chi connectivity index (χ2n) is 3.16. The van der Waals surface area contributed by atoms with Gasteiger partial charge < -0.3 is 10.0 Å². The van der Waals surface area contributed by atoms with Crippen LogP contribution in [0, 0.1) is 5.41 Å². The van der Waals surface area contributed by atoms with Crippen molar-refractivity contribution in [2.24, 2.45) is 0 Å². The molecule has 72 valence electrons. The smallest absolute Gasteiger partial charge is 0.0817 e. The molecule has 12 heavy (non-hydrogen) atoms. The molecule has 0 unspecified atom stereocenters. The zero-order chi connectivity index (χ0) is 9.61. The number of nitrogens with zero attached hydrogens (tertiary/aromatic N) is 1. The van der Waals surface area contributed by atoms with Gasteiger partial charge in [-0.3, -0.25) is 5.41 Å². The fraction of sp³-hybridized carbons (Fsp3) is 0.889. The number of piperidine rings is 1. The fourth-order valence-corrected chi connectivity index (χ4v) is 1.13. The molecule has 0 aromatic heterocycles. The summed E-state index contributed by atoms with van der Waals surface area (Å²) in [5.74, 6) is 0. The number of hydrogen-bond acceptors (Lipinski definition) is 2. The molecule has 1 aliphatic rings. The lowest BCUT2D eigenvalue weighted by Gasteiger charge is -2.34. The average molecular weight is 172 g/mol. The molecular formula is C9H20N2O. The normalized spacial score (nSPS) is 20.8. The zero-order valence-corrected chi connectivity index (χ0v) is 8.30. The first kappa shape index (κ1) is 11.4. The minimum Gasteiger partial charge on any atom is -0.390 e. The molecule has 0 saturated carbocycles. The van der Waals surface area contributed by atoms with Gasteiger partial charge in [0, 0.05) is 13.1 Å². The molecule has 3 heteroatoms. The third-order valence-corrected chi connectivity index (χ3v) is 2.06. The van der Waals surface area contributed by atoms with E-state index in [-0.39, 0.29) is 0 Å². The van der Waals surface area contributed by atoms with Crippen LogP contribution < -0.4 is 0 Å². The Bertz CT molecular complexity index is 124. The van der Waals surface area contributed by atoms with Crippen LogP contribution in [-0.2, 0) is 0 Å². The molecule has 1 aliphatic heterocycles. The van der Waals surface area contributed by atoms with Crippen LogP contribution in [-0.4, -0.2) is 35.0 Å². The standard InChI is InChI=1S/C7H14N2O.C2H6/c1-7(10)2-4-9(6-8)5-3-7;1-2/h6,8,10H,2-5H2,1H3;1-2H3. The quantitative estimate of drug-likeness (QED) is 0.465. The van der Waals surface area contributed by atoms with Crippen LogP contribution >= 0.6 is 0 Å². The summed E-state index contributed by atoms with van der Waals surface area (Å²) in [6, 6.07) is 0. The summed E-state index contributed by atoms with van der Waals surface area (Å²) in [7, 11) is 0. The van der Waals surface area contributed by atoms with E-state index < -0.39 is 5.60 Å². The number of aliphatic hydroxyl groups is 1. The zero-order valence-electron chi connectivity index (χ0n) is 8.30. The summed E-state index contributed by atoms with van der Waals surface area (Å²) >= 11 is 0. The summed E-state index contributed by atoms with van der Waals surface area (Å²) in [5, 5.41) is 16.4. The predicted octanol–water partition coefficient (Wildman–Crippen LogP) is 1.47. The largest absolute Gasteiger partial charge is 0.390 e. The molecular weight excluding hydrogens is 152 g/mol. The monoisotopic (exact) mass is 172 g/mol. The number of rotatable bonds is 1. The molecule has 1 saturated heterocycles. The highest BCUT2D eigenvalue weighted by Gasteiger charge is 2.25. The summed E-state index contributed by atoms with van der Waals surface area (Å²) < 4.78 is 0. The van der Waals surface area contributed by atoms with Gasteiger partial charge in [0.05, 0.1) is 11.9 Å². The van der Waals surface area contributed by atoms with E-state index in [9.17, 15) is 5.11 Å². The molecule has 0 bridgehead atoms. The van der Waals surface area contributed by atoms with Gasteiger partial charge in [0.1, 0.15) is 0 Å². The maximum Gasteiger partial charge on any atom is 0.0817 e. The Labute approximate surface area is 74.9 Å². The average Bonchev–Trinajstić information content (AvgIpc) is 2.08. The molecule has 3 nitrogen and oxygen atoms in total. The van der Waals surface area contributed by atoms with E-state index in [1.54, 1.807) is 0 Å². The van der Waals surface area contributed by atoms with Crippen LogP contribution in [0.25, 0.3) is 0 Å². The third-order valence-electron chi connectivity index (χ3n) is 2.06. The van der Waals surface area contributed by atoms with Crippen molar-refractivity contribution in [1.29, 1.82) is 5.41 Å². The first-order valence-electron chi connectivity index (χ1n) is 4.61. The SMILES string of the molecule is CC.CC1(O)CCN(C=N)CC1. The first-order valence-corrected chi connectivity index (χ1v) is 4.61. The van der Waals surface area contributed by atoms with E-state index in [1.807, 2.05) is 25.7 Å². The van der Waals surface area contributed by atoms with Crippen molar-refractivity contribution < 1.29 is 5.11 Å². The van der Waals surface area contributed by atoms with Crippen molar-refractivity contribution in [3.63, 3.8) is 0 Å². The first-order chi connectivity index (χ1) is 5.64. The maximum atomic E-state index is 9.49. The molecule has 1 fully saturated rings. The molecule has 1 rings (SSSR count). The second-order valence-corrected chi connectivity index (χ2v) is 3.16. The van der Waals surface area contributed by atoms with E-state index >= 15 is 0 Å². The van der Waals surface area contributed by atoms with E-state index in [0.717, 1.165) is 25.9 Å². The Morgan fingerprint density at radius 2 is 1.75 bits per heavy atom. The fourth-order valence-electron chi connectivity index (χ4n) is 1.13. The van der Waals surface area contributed by atoms with Crippen molar-refractivity contribution in [1.82, 2.24) is 4.90 Å². The van der Waals surface area contributed by atoms with E-state index in [2.05, 4.69) is 0 Å². The highest BCUT2D eigenvalue weighted by atomic mass is 16.3. The van der Waals surface area contributed by atoms with Gasteiger partial charge in [0.2, 0.25) is 0 Å². The lowest BCUT2D eigenvalue weighted by molar-refractivity contribution is 0.0107. The van der Waals surface area contributed by atoms with Crippen molar-refractivity contribution in [3.05, 3.63) is 0 Å². The summed E-state index contributed by atoms with van der Waals surface area (Å²) in [6.45, 7) is 7.49. The Morgan fingerprint density at radius 3 is 2.08 bits per heavy atom. The van der Waals surface area contributed by atoms with E-state index in [0.29, 0.717) is 0 Å². The van der Waals surface area contributed by atoms with Crippen LogP contribution in [0.2, 0.25) is 0 Å². The lowest BCUT2D eigenvalue weighted by Crippen LogP contribution is -2.41. The predicted molar refractivity (Wildman–Crippen MR) is 51.6 cm³/mol. The van der Waals surface area contributed by atoms with Crippen molar-refractivity contribution in [2.75, 3.05) is 13.1 Å². The summed E-state index contributed by atoms with van der Waals surface area (Å²) in [6.07, 6.45) is 2.90. The Hall–Kier alpha value is -0.570. The molecule has 0 radical (unpaired) electrons. The third kappa shape index (κ3) is 3.72. The van der Waals surface area contributed by atoms with Gasteiger partial charge in [0.15, 0.2) is 0 Å². The minimum atomic E-state index is -0.487. The van der Waals surface area contributed by atoms with E-state index in [1.165, 1.54) is 6.34 Å². The van der Waals surface area contributed by atoms with Gasteiger partial charge in [-0.05, 0) is 19.8 Å². The van der Waals surface area contributed by atoms with Crippen LogP contribution in [0.3, 0.4) is 0 Å². The van der Waals surface area contributed by atoms with Crippen LogP contribution in [0.4, 0.5) is 0 Å². The van der Waals surface area contributed by atoms with Gasteiger partial charge in [0.25, 0.3) is 0 Å². The van der Waals surface area contributed by atoms with E-state index in [4.69, 9.17) is 5.41 Å². The summed E-state index contributed by atoms with van der Waals surface area (Å²) in [5.41, 5.74) is -0.487. The topological polar surface area (TPSA) is 47.3 Å². The number of likely N-dealkylation sites (tertiary alicyclic amines) is 1. The molecule has 0 spiro atoms. The molecule has 2 N–H and O–H groups in total. The Balaban J connectivity index is 0.000000561. The van der Waals surface area contributed by atoms with Gasteiger partial charge in [-0.25, -0.2) is 0 Å². The van der Waals surface area contributed by atoms with Gasteiger partial charge in [-0.15, -0.1) is 0 Å². The maximum absolute atomic E-state index is 9.49. The van der Waals surface area contributed by atoms with Gasteiger partial charge >= 0.3 is 0 Å². The Kier molecular flexibility index (Phi) is 4.90. The van der Waals surface area contributed by atoms with Crippen molar-refractivity contribution >= 4 is 6.34 Å². The molecule has 0 aromatic carbocycles. The molecule has 0 aliphatic carbocycles. The number of hydrogen-bond donors (Lipinski definition) is 2. The highest BCUT2D eigenvalue weighted by molar-refractivity contribution is 5.50. The van der Waals surface area contributed by atoms with Crippen LogP contribution in [0.1, 0.15) is 33.6 Å². The lowest BCUT2D eigenvalue weighted by atomic mass is 9.94. The van der Waals surface area contributed by atoms with Gasteiger partial charge in [-0.2, -0.15) is 0 Å². The molecule has 0 aromatic rings. The van der Waals surface area contributed by atoms with Crippen molar-refractivity contribution in [3.8, 4) is 0 Å². The van der Waals surface area contributed by atoms with Crippen molar-refractivity contribution in [2.45, 2.75) is 39.2 Å². The van der Waals surface area contributed by atoms with Crippen LogP contribution in [0.15, 0.2) is 0 Å². The molecule has 0 atom stereocenters. The number of nitrogens with one attached hydrogen (secondary N) is 1. The highest BCUT2D eigenvalue weighted by Crippen LogP contribution is 2.19. The molecule has 0 amide bonds. The molecule has 1 heterocycles.